The molecule has 0 aromatic heterocycles. The number of nitrogens with one attached hydrogen (secondary N) is 1. The van der Waals surface area contributed by atoms with Crippen molar-refractivity contribution < 1.29 is 9.18 Å². The van der Waals surface area contributed by atoms with Crippen molar-refractivity contribution in [1.29, 1.82) is 0 Å². The summed E-state index contributed by atoms with van der Waals surface area (Å²) in [5.74, 6) is 0.209. The molecule has 1 N–H and O–H groups in total. The van der Waals surface area contributed by atoms with Crippen LogP contribution in [0.15, 0.2) is 77.7 Å². The van der Waals surface area contributed by atoms with E-state index in [1.165, 1.54) is 17.8 Å². The molecule has 0 heterocycles. The van der Waals surface area contributed by atoms with Gasteiger partial charge in [-0.15, -0.1) is 11.8 Å². The molecule has 0 bridgehead atoms. The van der Waals surface area contributed by atoms with Gasteiger partial charge in [-0.1, -0.05) is 42.0 Å². The minimum atomic E-state index is -0.195. The fourth-order valence-corrected chi connectivity index (χ4v) is 3.37. The van der Waals surface area contributed by atoms with E-state index in [0.29, 0.717) is 16.9 Å². The number of rotatable bonds is 5. The molecule has 0 aliphatic heterocycles. The third-order valence-corrected chi connectivity index (χ3v) is 4.77. The van der Waals surface area contributed by atoms with Gasteiger partial charge in [-0.25, -0.2) is 4.39 Å². The molecule has 4 heteroatoms. The Kier molecular flexibility index (Phi) is 5.51. The van der Waals surface area contributed by atoms with Gasteiger partial charge in [-0.2, -0.15) is 0 Å². The third-order valence-electron chi connectivity index (χ3n) is 3.72. The van der Waals surface area contributed by atoms with Crippen LogP contribution < -0.4 is 5.32 Å². The Morgan fingerprint density at radius 3 is 2.60 bits per heavy atom. The summed E-state index contributed by atoms with van der Waals surface area (Å²) >= 11 is 1.54. The van der Waals surface area contributed by atoms with Gasteiger partial charge in [0.2, 0.25) is 0 Å². The second kappa shape index (κ2) is 7.99. The lowest BCUT2D eigenvalue weighted by Crippen LogP contribution is -2.11. The molecule has 3 rings (SSSR count). The van der Waals surface area contributed by atoms with Gasteiger partial charge in [0.1, 0.15) is 5.82 Å². The Hall–Kier alpha value is -2.59. The van der Waals surface area contributed by atoms with Crippen molar-refractivity contribution in [3.63, 3.8) is 0 Å². The molecule has 0 radical (unpaired) electrons. The van der Waals surface area contributed by atoms with Gasteiger partial charge in [0.05, 0.1) is 0 Å². The molecule has 25 heavy (non-hydrogen) atoms. The molecule has 126 valence electrons. The van der Waals surface area contributed by atoms with Crippen molar-refractivity contribution in [2.45, 2.75) is 17.6 Å². The highest BCUT2D eigenvalue weighted by atomic mass is 32.2. The molecule has 0 aliphatic carbocycles. The van der Waals surface area contributed by atoms with Crippen LogP contribution in [0.1, 0.15) is 21.5 Å². The summed E-state index contributed by atoms with van der Waals surface area (Å²) in [5, 5.41) is 2.91. The summed E-state index contributed by atoms with van der Waals surface area (Å²) in [6.45, 7) is 1.96. The number of aryl methyl sites for hydroxylation is 1. The summed E-state index contributed by atoms with van der Waals surface area (Å²) in [6, 6.07) is 21.8. The zero-order valence-corrected chi connectivity index (χ0v) is 14.6. The van der Waals surface area contributed by atoms with Crippen LogP contribution >= 0.6 is 11.8 Å². The predicted molar refractivity (Wildman–Crippen MR) is 102 cm³/mol. The average molecular weight is 351 g/mol. The van der Waals surface area contributed by atoms with Crippen LogP contribution in [0, 0.1) is 12.7 Å². The van der Waals surface area contributed by atoms with E-state index in [9.17, 15) is 9.18 Å². The minimum Gasteiger partial charge on any atom is -0.322 e. The molecule has 0 spiro atoms. The predicted octanol–water partition coefficient (Wildman–Crippen LogP) is 5.68. The molecule has 2 nitrogen and oxygen atoms in total. The third kappa shape index (κ3) is 4.70. The van der Waals surface area contributed by atoms with Crippen molar-refractivity contribution in [1.82, 2.24) is 0 Å². The molecule has 0 fully saturated rings. The number of halogens is 1. The number of carbonyl (C=O) groups excluding carboxylic acids is 1. The van der Waals surface area contributed by atoms with Crippen LogP contribution in [0.25, 0.3) is 0 Å². The lowest BCUT2D eigenvalue weighted by Gasteiger charge is -2.08. The van der Waals surface area contributed by atoms with Crippen molar-refractivity contribution in [3.8, 4) is 0 Å². The summed E-state index contributed by atoms with van der Waals surface area (Å²) < 4.78 is 13.7. The molecule has 3 aromatic rings. The molecule has 0 aliphatic rings. The van der Waals surface area contributed by atoms with Gasteiger partial charge in [0, 0.05) is 21.9 Å². The summed E-state index contributed by atoms with van der Waals surface area (Å²) in [7, 11) is 0. The van der Waals surface area contributed by atoms with Gasteiger partial charge < -0.3 is 5.32 Å². The van der Waals surface area contributed by atoms with Gasteiger partial charge in [-0.3, -0.25) is 4.79 Å². The second-order valence-electron chi connectivity index (χ2n) is 5.73. The zero-order chi connectivity index (χ0) is 17.6. The van der Waals surface area contributed by atoms with Crippen molar-refractivity contribution in [2.75, 3.05) is 5.32 Å². The number of amides is 1. The van der Waals surface area contributed by atoms with Gasteiger partial charge >= 0.3 is 0 Å². The Bertz CT molecular complexity index is 894. The topological polar surface area (TPSA) is 29.1 Å². The number of carbonyl (C=O) groups is 1. The van der Waals surface area contributed by atoms with E-state index in [4.69, 9.17) is 0 Å². The first-order chi connectivity index (χ1) is 12.1. The molecule has 0 saturated carbocycles. The lowest BCUT2D eigenvalue weighted by atomic mass is 10.1. The van der Waals surface area contributed by atoms with E-state index in [-0.39, 0.29) is 11.7 Å². The number of hydrogen-bond donors (Lipinski definition) is 1. The molecule has 0 saturated heterocycles. The van der Waals surface area contributed by atoms with Crippen LogP contribution in [-0.4, -0.2) is 5.91 Å². The average Bonchev–Trinajstić information content (AvgIpc) is 2.61. The zero-order valence-electron chi connectivity index (χ0n) is 13.8. The van der Waals surface area contributed by atoms with Gasteiger partial charge in [0.15, 0.2) is 0 Å². The Labute approximate surface area is 151 Å². The maximum atomic E-state index is 13.7. The van der Waals surface area contributed by atoms with Crippen molar-refractivity contribution in [3.05, 3.63) is 95.3 Å². The van der Waals surface area contributed by atoms with Crippen LogP contribution in [0.4, 0.5) is 10.1 Å². The normalized spacial score (nSPS) is 10.5. The molecular weight excluding hydrogens is 333 g/mol. The second-order valence-corrected chi connectivity index (χ2v) is 6.78. The Balaban J connectivity index is 1.67. The summed E-state index contributed by atoms with van der Waals surface area (Å²) in [4.78, 5) is 13.3. The standard InChI is InChI=1S/C21H18FNOS/c1-15-6-4-8-16(12-15)21(24)23-18-9-5-10-19(13-18)25-14-17-7-2-3-11-20(17)22/h2-13H,14H2,1H3,(H,23,24). The van der Waals surface area contributed by atoms with Crippen molar-refractivity contribution in [2.24, 2.45) is 0 Å². The number of thioether (sulfide) groups is 1. The van der Waals surface area contributed by atoms with Crippen LogP contribution in [0.5, 0.6) is 0 Å². The lowest BCUT2D eigenvalue weighted by molar-refractivity contribution is 0.102. The van der Waals surface area contributed by atoms with E-state index < -0.39 is 0 Å². The molecular formula is C21H18FNOS. The molecule has 0 unspecified atom stereocenters. The van der Waals surface area contributed by atoms with Crippen LogP contribution in [0.3, 0.4) is 0 Å². The van der Waals surface area contributed by atoms with Crippen LogP contribution in [0.2, 0.25) is 0 Å². The number of hydrogen-bond acceptors (Lipinski definition) is 2. The minimum absolute atomic E-state index is 0.139. The SMILES string of the molecule is Cc1cccc(C(=O)Nc2cccc(SCc3ccccc3F)c2)c1. The van der Waals surface area contributed by atoms with E-state index in [1.54, 1.807) is 18.2 Å². The van der Waals surface area contributed by atoms with Gasteiger partial charge in [0.25, 0.3) is 5.91 Å². The van der Waals surface area contributed by atoms with Gasteiger partial charge in [-0.05, 0) is 48.9 Å². The monoisotopic (exact) mass is 351 g/mol. The Morgan fingerprint density at radius 1 is 1.00 bits per heavy atom. The highest BCUT2D eigenvalue weighted by Gasteiger charge is 2.07. The maximum Gasteiger partial charge on any atom is 0.255 e. The fraction of sp³-hybridized carbons (Fsp3) is 0.0952. The summed E-state index contributed by atoms with van der Waals surface area (Å²) in [5.41, 5.74) is 3.07. The van der Waals surface area contributed by atoms with E-state index in [2.05, 4.69) is 5.32 Å². The smallest absolute Gasteiger partial charge is 0.255 e. The first kappa shape index (κ1) is 17.2. The molecule has 0 atom stereocenters. The van der Waals surface area contributed by atoms with E-state index in [1.807, 2.05) is 55.5 Å². The van der Waals surface area contributed by atoms with Crippen LogP contribution in [-0.2, 0) is 5.75 Å². The van der Waals surface area contributed by atoms with E-state index in [0.717, 1.165) is 16.1 Å². The quantitative estimate of drug-likeness (QED) is 0.599. The number of anilines is 1. The van der Waals surface area contributed by atoms with E-state index >= 15 is 0 Å². The maximum absolute atomic E-state index is 13.7. The first-order valence-electron chi connectivity index (χ1n) is 7.96. The van der Waals surface area contributed by atoms with Crippen molar-refractivity contribution >= 4 is 23.4 Å². The summed E-state index contributed by atoms with van der Waals surface area (Å²) in [6.07, 6.45) is 0. The number of benzene rings is 3. The Morgan fingerprint density at radius 2 is 1.80 bits per heavy atom. The largest absolute Gasteiger partial charge is 0.322 e. The molecule has 1 amide bonds. The highest BCUT2D eigenvalue weighted by molar-refractivity contribution is 7.98. The molecule has 3 aromatic carbocycles. The fourth-order valence-electron chi connectivity index (χ4n) is 2.43. The first-order valence-corrected chi connectivity index (χ1v) is 8.95. The highest BCUT2D eigenvalue weighted by Crippen LogP contribution is 2.26.